The lowest BCUT2D eigenvalue weighted by atomic mass is 10.3. The molecule has 1 aromatic heterocycles. The van der Waals surface area contributed by atoms with Crippen molar-refractivity contribution in [2.24, 2.45) is 0 Å². The van der Waals surface area contributed by atoms with E-state index >= 15 is 0 Å². The number of rotatable bonds is 2. The minimum atomic E-state index is -2.24. The maximum Gasteiger partial charge on any atom is 0.251 e. The van der Waals surface area contributed by atoms with Crippen LogP contribution in [-0.4, -0.2) is 34.2 Å². The molecule has 2 rings (SSSR count). The first-order valence-corrected chi connectivity index (χ1v) is 4.27. The lowest BCUT2D eigenvalue weighted by Crippen LogP contribution is -2.36. The molecule has 3 nitrogen and oxygen atoms in total. The van der Waals surface area contributed by atoms with Crippen LogP contribution in [0.5, 0.6) is 0 Å². The molecular formula is C8H11F2N3. The Morgan fingerprint density at radius 2 is 2.31 bits per heavy atom. The third-order valence-electron chi connectivity index (χ3n) is 2.21. The second kappa shape index (κ2) is 3.41. The van der Waals surface area contributed by atoms with Crippen molar-refractivity contribution in [2.75, 3.05) is 13.1 Å². The normalized spacial score (nSPS) is 17.8. The van der Waals surface area contributed by atoms with Crippen LogP contribution in [0, 0.1) is 0 Å². The summed E-state index contributed by atoms with van der Waals surface area (Å²) in [4.78, 5) is 1.75. The smallest absolute Gasteiger partial charge is 0.251 e. The molecule has 0 fully saturated rings. The Morgan fingerprint density at radius 1 is 1.46 bits per heavy atom. The van der Waals surface area contributed by atoms with Gasteiger partial charge in [0.1, 0.15) is 0 Å². The van der Waals surface area contributed by atoms with Crippen molar-refractivity contribution >= 4 is 0 Å². The second-order valence-electron chi connectivity index (χ2n) is 3.17. The number of hydrogen-bond donors (Lipinski definition) is 0. The van der Waals surface area contributed by atoms with Gasteiger partial charge < -0.3 is 0 Å². The lowest BCUT2D eigenvalue weighted by molar-refractivity contribution is 0.0737. The summed E-state index contributed by atoms with van der Waals surface area (Å²) in [7, 11) is 0. The fraction of sp³-hybridized carbons (Fsp3) is 0.625. The topological polar surface area (TPSA) is 21.1 Å². The fourth-order valence-corrected chi connectivity index (χ4v) is 1.59. The molecule has 0 saturated carbocycles. The number of hydrogen-bond acceptors (Lipinski definition) is 2. The maximum atomic E-state index is 12.1. The minimum absolute atomic E-state index is 0.134. The van der Waals surface area contributed by atoms with Crippen LogP contribution in [0.25, 0.3) is 0 Å². The molecule has 0 saturated heterocycles. The van der Waals surface area contributed by atoms with Crippen LogP contribution in [0.3, 0.4) is 0 Å². The summed E-state index contributed by atoms with van der Waals surface area (Å²) >= 11 is 0. The van der Waals surface area contributed by atoms with E-state index in [2.05, 4.69) is 5.10 Å². The van der Waals surface area contributed by atoms with Gasteiger partial charge in [0.2, 0.25) is 0 Å². The molecule has 0 amide bonds. The van der Waals surface area contributed by atoms with Crippen LogP contribution in [0.2, 0.25) is 0 Å². The molecule has 72 valence electrons. The Balaban J connectivity index is 2.00. The second-order valence-corrected chi connectivity index (χ2v) is 3.17. The molecule has 13 heavy (non-hydrogen) atoms. The van der Waals surface area contributed by atoms with Gasteiger partial charge in [-0.3, -0.25) is 9.58 Å². The Labute approximate surface area is 74.9 Å². The first-order valence-electron chi connectivity index (χ1n) is 4.27. The predicted molar refractivity (Wildman–Crippen MR) is 43.5 cm³/mol. The van der Waals surface area contributed by atoms with Gasteiger partial charge in [0.15, 0.2) is 0 Å². The molecule has 1 aliphatic heterocycles. The van der Waals surface area contributed by atoms with E-state index in [-0.39, 0.29) is 6.54 Å². The van der Waals surface area contributed by atoms with Crippen molar-refractivity contribution < 1.29 is 8.78 Å². The maximum absolute atomic E-state index is 12.1. The van der Waals surface area contributed by atoms with E-state index in [1.807, 2.05) is 10.7 Å². The molecular weight excluding hydrogens is 176 g/mol. The highest BCUT2D eigenvalue weighted by Crippen LogP contribution is 2.11. The molecule has 5 heteroatoms. The fourth-order valence-electron chi connectivity index (χ4n) is 1.59. The number of halogens is 2. The van der Waals surface area contributed by atoms with Crippen molar-refractivity contribution in [1.29, 1.82) is 0 Å². The largest absolute Gasteiger partial charge is 0.290 e. The number of alkyl halides is 2. The molecule has 2 heterocycles. The molecule has 0 unspecified atom stereocenters. The van der Waals surface area contributed by atoms with Crippen molar-refractivity contribution in [3.8, 4) is 0 Å². The van der Waals surface area contributed by atoms with Gasteiger partial charge in [0.05, 0.1) is 18.8 Å². The van der Waals surface area contributed by atoms with E-state index in [0.29, 0.717) is 13.1 Å². The Kier molecular flexibility index (Phi) is 2.26. The van der Waals surface area contributed by atoms with Crippen LogP contribution in [0.4, 0.5) is 8.78 Å². The van der Waals surface area contributed by atoms with E-state index in [9.17, 15) is 8.78 Å². The average Bonchev–Trinajstić information content (AvgIpc) is 2.49. The molecule has 0 spiro atoms. The molecule has 0 aromatic carbocycles. The van der Waals surface area contributed by atoms with Crippen LogP contribution < -0.4 is 0 Å². The molecule has 0 atom stereocenters. The number of nitrogens with zero attached hydrogens (tertiary/aromatic N) is 3. The quantitative estimate of drug-likeness (QED) is 0.687. The first-order chi connectivity index (χ1) is 6.25. The summed E-state index contributed by atoms with van der Waals surface area (Å²) in [6.45, 7) is 1.84. The predicted octanol–water partition coefficient (Wildman–Crippen LogP) is 0.964. The van der Waals surface area contributed by atoms with Crippen molar-refractivity contribution in [2.45, 2.75) is 19.5 Å². The van der Waals surface area contributed by atoms with Gasteiger partial charge >= 0.3 is 0 Å². The zero-order valence-corrected chi connectivity index (χ0v) is 7.16. The summed E-state index contributed by atoms with van der Waals surface area (Å²) in [6, 6.07) is 1.87. The van der Waals surface area contributed by atoms with Crippen LogP contribution in [0.15, 0.2) is 12.3 Å². The monoisotopic (exact) mass is 187 g/mol. The number of aromatic nitrogens is 2. The van der Waals surface area contributed by atoms with Gasteiger partial charge in [0, 0.05) is 19.3 Å². The third kappa shape index (κ3) is 1.85. The molecule has 0 N–H and O–H groups in total. The van der Waals surface area contributed by atoms with Gasteiger partial charge in [-0.1, -0.05) is 0 Å². The van der Waals surface area contributed by atoms with E-state index in [1.165, 1.54) is 0 Å². The molecule has 1 aliphatic rings. The van der Waals surface area contributed by atoms with Crippen molar-refractivity contribution in [3.63, 3.8) is 0 Å². The van der Waals surface area contributed by atoms with Gasteiger partial charge in [-0.15, -0.1) is 0 Å². The number of fused-ring (bicyclic) bond motifs is 1. The molecule has 0 radical (unpaired) electrons. The summed E-state index contributed by atoms with van der Waals surface area (Å²) in [5, 5.41) is 4.07. The highest BCUT2D eigenvalue weighted by atomic mass is 19.3. The Morgan fingerprint density at radius 3 is 3.08 bits per heavy atom. The highest BCUT2D eigenvalue weighted by molar-refractivity contribution is 5.02. The van der Waals surface area contributed by atoms with Crippen LogP contribution in [0.1, 0.15) is 5.69 Å². The van der Waals surface area contributed by atoms with Crippen LogP contribution >= 0.6 is 0 Å². The molecule has 0 aliphatic carbocycles. The molecule has 1 aromatic rings. The zero-order chi connectivity index (χ0) is 9.26. The highest BCUT2D eigenvalue weighted by Gasteiger charge is 2.18. The van der Waals surface area contributed by atoms with Gasteiger partial charge in [-0.25, -0.2) is 8.78 Å². The Hall–Kier alpha value is -0.970. The third-order valence-corrected chi connectivity index (χ3v) is 2.21. The standard InChI is InChI=1S/C8H11F2N3/c9-8(10)6-12-3-4-13-7(5-12)1-2-11-13/h1-2,8H,3-6H2. The SMILES string of the molecule is FC(F)CN1CCn2nccc2C1. The summed E-state index contributed by atoms with van der Waals surface area (Å²) in [6.07, 6.45) is -0.532. The van der Waals surface area contributed by atoms with Gasteiger partial charge in [-0.2, -0.15) is 5.10 Å². The summed E-state index contributed by atoms with van der Waals surface area (Å²) < 4.78 is 26.0. The van der Waals surface area contributed by atoms with Gasteiger partial charge in [0.25, 0.3) is 6.43 Å². The first kappa shape index (κ1) is 8.62. The van der Waals surface area contributed by atoms with E-state index < -0.39 is 6.43 Å². The van der Waals surface area contributed by atoms with E-state index in [0.717, 1.165) is 12.2 Å². The van der Waals surface area contributed by atoms with Gasteiger partial charge in [-0.05, 0) is 6.07 Å². The summed E-state index contributed by atoms with van der Waals surface area (Å²) in [5.41, 5.74) is 1.02. The van der Waals surface area contributed by atoms with E-state index in [1.54, 1.807) is 11.1 Å². The van der Waals surface area contributed by atoms with Crippen molar-refractivity contribution in [1.82, 2.24) is 14.7 Å². The zero-order valence-electron chi connectivity index (χ0n) is 7.16. The minimum Gasteiger partial charge on any atom is -0.290 e. The Bertz CT molecular complexity index is 285. The lowest BCUT2D eigenvalue weighted by Gasteiger charge is -2.26. The summed E-state index contributed by atoms with van der Waals surface area (Å²) in [5.74, 6) is 0. The van der Waals surface area contributed by atoms with Crippen molar-refractivity contribution in [3.05, 3.63) is 18.0 Å². The molecule has 0 bridgehead atoms. The van der Waals surface area contributed by atoms with E-state index in [4.69, 9.17) is 0 Å². The average molecular weight is 187 g/mol. The van der Waals surface area contributed by atoms with Crippen LogP contribution in [-0.2, 0) is 13.1 Å².